The van der Waals surface area contributed by atoms with Crippen LogP contribution in [0.4, 0.5) is 0 Å². The standard InChI is InChI=1S/C11H17NO4/c13-9-3-4-12(6-9)10(14)7-1-2-8(5-7)11(15)16/h7-9,13H,1-6H2,(H,15,16)/t7-,8+,9?/m1/s1. The van der Waals surface area contributed by atoms with Gasteiger partial charge >= 0.3 is 5.97 Å². The molecule has 2 aliphatic rings. The summed E-state index contributed by atoms with van der Waals surface area (Å²) >= 11 is 0. The van der Waals surface area contributed by atoms with Crippen LogP contribution in [0.25, 0.3) is 0 Å². The van der Waals surface area contributed by atoms with E-state index in [0.29, 0.717) is 38.8 Å². The molecule has 90 valence electrons. The van der Waals surface area contributed by atoms with Crippen LogP contribution in [0.5, 0.6) is 0 Å². The lowest BCUT2D eigenvalue weighted by molar-refractivity contribution is -0.141. The van der Waals surface area contributed by atoms with E-state index in [1.165, 1.54) is 0 Å². The summed E-state index contributed by atoms with van der Waals surface area (Å²) in [5.74, 6) is -1.27. The van der Waals surface area contributed by atoms with E-state index in [2.05, 4.69) is 0 Å². The smallest absolute Gasteiger partial charge is 0.306 e. The molecule has 0 bridgehead atoms. The first-order valence-corrected chi connectivity index (χ1v) is 5.77. The molecule has 0 spiro atoms. The largest absolute Gasteiger partial charge is 0.481 e. The fraction of sp³-hybridized carbons (Fsp3) is 0.818. The molecule has 1 saturated heterocycles. The number of amides is 1. The van der Waals surface area contributed by atoms with Crippen molar-refractivity contribution in [2.45, 2.75) is 31.8 Å². The molecule has 1 aliphatic heterocycles. The predicted octanol–water partition coefficient (Wildman–Crippen LogP) is 0.0805. The van der Waals surface area contributed by atoms with Crippen molar-refractivity contribution in [1.29, 1.82) is 0 Å². The van der Waals surface area contributed by atoms with E-state index in [0.717, 1.165) is 0 Å². The molecule has 0 aromatic heterocycles. The van der Waals surface area contributed by atoms with Crippen molar-refractivity contribution < 1.29 is 19.8 Å². The normalized spacial score (nSPS) is 34.3. The second-order valence-electron chi connectivity index (χ2n) is 4.77. The molecule has 1 amide bonds. The van der Waals surface area contributed by atoms with Gasteiger partial charge in [0, 0.05) is 19.0 Å². The highest BCUT2D eigenvalue weighted by molar-refractivity contribution is 5.81. The maximum absolute atomic E-state index is 12.0. The van der Waals surface area contributed by atoms with E-state index in [1.807, 2.05) is 0 Å². The minimum atomic E-state index is -0.795. The first kappa shape index (κ1) is 11.4. The van der Waals surface area contributed by atoms with Gasteiger partial charge in [0.1, 0.15) is 0 Å². The van der Waals surface area contributed by atoms with E-state index in [-0.39, 0.29) is 17.7 Å². The van der Waals surface area contributed by atoms with Crippen molar-refractivity contribution in [3.05, 3.63) is 0 Å². The third-order valence-corrected chi connectivity index (χ3v) is 3.61. The Bertz CT molecular complexity index is 304. The van der Waals surface area contributed by atoms with Crippen molar-refractivity contribution in [3.8, 4) is 0 Å². The predicted molar refractivity (Wildman–Crippen MR) is 55.7 cm³/mol. The third-order valence-electron chi connectivity index (χ3n) is 3.61. The summed E-state index contributed by atoms with van der Waals surface area (Å²) in [6.07, 6.45) is 1.96. The molecule has 2 fully saturated rings. The highest BCUT2D eigenvalue weighted by Gasteiger charge is 2.37. The summed E-state index contributed by atoms with van der Waals surface area (Å²) in [6, 6.07) is 0. The third kappa shape index (κ3) is 2.19. The molecule has 2 rings (SSSR count). The molecule has 1 heterocycles. The van der Waals surface area contributed by atoms with Gasteiger partial charge in [-0.1, -0.05) is 0 Å². The molecular formula is C11H17NO4. The van der Waals surface area contributed by atoms with Gasteiger partial charge in [-0.3, -0.25) is 9.59 Å². The van der Waals surface area contributed by atoms with Crippen LogP contribution in [0.3, 0.4) is 0 Å². The van der Waals surface area contributed by atoms with Crippen LogP contribution in [-0.4, -0.2) is 46.2 Å². The zero-order valence-electron chi connectivity index (χ0n) is 9.13. The first-order chi connectivity index (χ1) is 7.58. The number of carbonyl (C=O) groups is 2. The van der Waals surface area contributed by atoms with Gasteiger partial charge in [0.15, 0.2) is 0 Å². The van der Waals surface area contributed by atoms with Crippen molar-refractivity contribution in [3.63, 3.8) is 0 Å². The molecule has 0 aromatic rings. The fourth-order valence-electron chi connectivity index (χ4n) is 2.63. The number of rotatable bonds is 2. The van der Waals surface area contributed by atoms with Crippen LogP contribution in [-0.2, 0) is 9.59 Å². The van der Waals surface area contributed by atoms with Gasteiger partial charge in [0.2, 0.25) is 5.91 Å². The Morgan fingerprint density at radius 2 is 1.81 bits per heavy atom. The summed E-state index contributed by atoms with van der Waals surface area (Å²) in [7, 11) is 0. The number of carboxylic acid groups (broad SMARTS) is 1. The second kappa shape index (κ2) is 4.41. The molecule has 0 radical (unpaired) electrons. The van der Waals surface area contributed by atoms with E-state index < -0.39 is 12.1 Å². The van der Waals surface area contributed by atoms with E-state index in [1.54, 1.807) is 4.90 Å². The number of carboxylic acids is 1. The van der Waals surface area contributed by atoms with Crippen molar-refractivity contribution in [2.75, 3.05) is 13.1 Å². The first-order valence-electron chi connectivity index (χ1n) is 5.77. The van der Waals surface area contributed by atoms with Gasteiger partial charge in [0.25, 0.3) is 0 Å². The molecule has 0 aromatic carbocycles. The summed E-state index contributed by atoms with van der Waals surface area (Å²) in [5, 5.41) is 18.2. The minimum Gasteiger partial charge on any atom is -0.481 e. The summed E-state index contributed by atoms with van der Waals surface area (Å²) < 4.78 is 0. The number of aliphatic hydroxyl groups is 1. The number of carbonyl (C=O) groups excluding carboxylic acids is 1. The van der Waals surface area contributed by atoms with Crippen LogP contribution >= 0.6 is 0 Å². The number of aliphatic carboxylic acids is 1. The van der Waals surface area contributed by atoms with Gasteiger partial charge in [-0.25, -0.2) is 0 Å². The van der Waals surface area contributed by atoms with Crippen LogP contribution in [0.2, 0.25) is 0 Å². The molecule has 16 heavy (non-hydrogen) atoms. The van der Waals surface area contributed by atoms with E-state index in [9.17, 15) is 14.7 Å². The lowest BCUT2D eigenvalue weighted by atomic mass is 10.0. The number of nitrogens with zero attached hydrogens (tertiary/aromatic N) is 1. The van der Waals surface area contributed by atoms with Gasteiger partial charge in [-0.15, -0.1) is 0 Å². The average molecular weight is 227 g/mol. The Balaban J connectivity index is 1.89. The number of likely N-dealkylation sites (tertiary alicyclic amines) is 1. The van der Waals surface area contributed by atoms with Crippen molar-refractivity contribution in [2.24, 2.45) is 11.8 Å². The van der Waals surface area contributed by atoms with Crippen LogP contribution in [0.1, 0.15) is 25.7 Å². The van der Waals surface area contributed by atoms with Crippen LogP contribution < -0.4 is 0 Å². The summed E-state index contributed by atoms with van der Waals surface area (Å²) in [5.41, 5.74) is 0. The molecular weight excluding hydrogens is 210 g/mol. The lowest BCUT2D eigenvalue weighted by Crippen LogP contribution is -2.34. The summed E-state index contributed by atoms with van der Waals surface area (Å²) in [6.45, 7) is 1.02. The molecule has 2 N–H and O–H groups in total. The SMILES string of the molecule is O=C(O)[C@H]1CC[C@@H](C(=O)N2CCC(O)C2)C1. The van der Waals surface area contributed by atoms with Gasteiger partial charge in [-0.05, 0) is 25.7 Å². The van der Waals surface area contributed by atoms with Gasteiger partial charge < -0.3 is 15.1 Å². The molecule has 1 aliphatic carbocycles. The number of hydrogen-bond acceptors (Lipinski definition) is 3. The maximum Gasteiger partial charge on any atom is 0.306 e. The number of aliphatic hydroxyl groups excluding tert-OH is 1. The van der Waals surface area contributed by atoms with E-state index in [4.69, 9.17) is 5.11 Å². The zero-order chi connectivity index (χ0) is 11.7. The van der Waals surface area contributed by atoms with Crippen molar-refractivity contribution in [1.82, 2.24) is 4.90 Å². The molecule has 1 unspecified atom stereocenters. The lowest BCUT2D eigenvalue weighted by Gasteiger charge is -2.19. The average Bonchev–Trinajstić information content (AvgIpc) is 2.84. The Morgan fingerprint density at radius 3 is 2.31 bits per heavy atom. The number of hydrogen-bond donors (Lipinski definition) is 2. The van der Waals surface area contributed by atoms with Gasteiger partial charge in [0.05, 0.1) is 12.0 Å². The molecule has 1 saturated carbocycles. The van der Waals surface area contributed by atoms with E-state index >= 15 is 0 Å². The Morgan fingerprint density at radius 1 is 1.12 bits per heavy atom. The summed E-state index contributed by atoms with van der Waals surface area (Å²) in [4.78, 5) is 24.4. The van der Waals surface area contributed by atoms with Crippen LogP contribution in [0.15, 0.2) is 0 Å². The number of β-amino-alcohol motifs (C(OH)–C–C–N with tert-alkyl or cyclic N) is 1. The quantitative estimate of drug-likeness (QED) is 0.700. The van der Waals surface area contributed by atoms with Crippen molar-refractivity contribution >= 4 is 11.9 Å². The second-order valence-corrected chi connectivity index (χ2v) is 4.77. The topological polar surface area (TPSA) is 77.8 Å². The Labute approximate surface area is 94.0 Å². The molecule has 5 heteroatoms. The maximum atomic E-state index is 12.0. The zero-order valence-corrected chi connectivity index (χ0v) is 9.13. The Kier molecular flexibility index (Phi) is 3.14. The highest BCUT2D eigenvalue weighted by Crippen LogP contribution is 2.33. The monoisotopic (exact) mass is 227 g/mol. The van der Waals surface area contributed by atoms with Gasteiger partial charge in [-0.2, -0.15) is 0 Å². The molecule has 3 atom stereocenters. The van der Waals surface area contributed by atoms with Crippen LogP contribution in [0, 0.1) is 11.8 Å². The minimum absolute atomic E-state index is 0.0281. The fourth-order valence-corrected chi connectivity index (χ4v) is 2.63. The molecule has 5 nitrogen and oxygen atoms in total. The highest BCUT2D eigenvalue weighted by atomic mass is 16.4. The Hall–Kier alpha value is -1.10.